The molecule has 0 saturated carbocycles. The van der Waals surface area contributed by atoms with Gasteiger partial charge in [-0.25, -0.2) is 0 Å². The second kappa shape index (κ2) is 8.25. The number of aryl methyl sites for hydroxylation is 1. The Morgan fingerprint density at radius 1 is 1.33 bits per heavy atom. The maximum absolute atomic E-state index is 5.59. The lowest BCUT2D eigenvalue weighted by atomic mass is 10.1. The average Bonchev–Trinajstić information content (AvgIpc) is 2.37. The third-order valence-electron chi connectivity index (χ3n) is 3.40. The first-order valence-corrected chi connectivity index (χ1v) is 6.62. The molecule has 0 aliphatic rings. The van der Waals surface area contributed by atoms with E-state index in [1.54, 1.807) is 7.11 Å². The van der Waals surface area contributed by atoms with Gasteiger partial charge in [-0.2, -0.15) is 0 Å². The lowest BCUT2D eigenvalue weighted by Crippen LogP contribution is -2.35. The van der Waals surface area contributed by atoms with E-state index in [1.165, 1.54) is 11.1 Å². The fourth-order valence-corrected chi connectivity index (χ4v) is 2.16. The molecule has 2 N–H and O–H groups in total. The van der Waals surface area contributed by atoms with E-state index < -0.39 is 0 Å². The maximum atomic E-state index is 5.59. The minimum absolute atomic E-state index is 0.443. The van der Waals surface area contributed by atoms with Crippen LogP contribution in [-0.4, -0.2) is 38.3 Å². The first-order valence-electron chi connectivity index (χ1n) is 6.62. The van der Waals surface area contributed by atoms with Crippen molar-refractivity contribution in [3.8, 4) is 0 Å². The van der Waals surface area contributed by atoms with E-state index in [0.717, 1.165) is 32.5 Å². The highest BCUT2D eigenvalue weighted by Crippen LogP contribution is 2.13. The average molecular weight is 250 g/mol. The Labute approximate surface area is 111 Å². The standard InChI is InChI=1S/C15H26N2O/c1-13-7-4-5-8-14(13)11-17(2)15(12-18-3)9-6-10-16/h4-5,7-8,15H,6,9-12,16H2,1-3H3. The van der Waals surface area contributed by atoms with Gasteiger partial charge in [-0.1, -0.05) is 24.3 Å². The predicted molar refractivity (Wildman–Crippen MR) is 76.6 cm³/mol. The molecule has 0 bridgehead atoms. The molecule has 0 aromatic heterocycles. The van der Waals surface area contributed by atoms with Crippen LogP contribution in [0.25, 0.3) is 0 Å². The van der Waals surface area contributed by atoms with Gasteiger partial charge in [0.05, 0.1) is 6.61 Å². The van der Waals surface area contributed by atoms with Crippen molar-refractivity contribution >= 4 is 0 Å². The fourth-order valence-electron chi connectivity index (χ4n) is 2.16. The molecule has 0 heterocycles. The van der Waals surface area contributed by atoms with Crippen LogP contribution in [0.5, 0.6) is 0 Å². The SMILES string of the molecule is COCC(CCCN)N(C)Cc1ccccc1C. The molecule has 0 fully saturated rings. The summed E-state index contributed by atoms with van der Waals surface area (Å²) in [6.45, 7) is 4.64. The smallest absolute Gasteiger partial charge is 0.0618 e. The number of hydrogen-bond acceptors (Lipinski definition) is 3. The highest BCUT2D eigenvalue weighted by molar-refractivity contribution is 5.25. The molecule has 0 saturated heterocycles. The quantitative estimate of drug-likeness (QED) is 0.768. The molecular formula is C15H26N2O. The van der Waals surface area contributed by atoms with Crippen molar-refractivity contribution in [3.63, 3.8) is 0 Å². The van der Waals surface area contributed by atoms with Gasteiger partial charge in [0.15, 0.2) is 0 Å². The second-order valence-electron chi connectivity index (χ2n) is 4.88. The summed E-state index contributed by atoms with van der Waals surface area (Å²) in [5.41, 5.74) is 8.32. The van der Waals surface area contributed by atoms with Crippen LogP contribution in [0.4, 0.5) is 0 Å². The summed E-state index contributed by atoms with van der Waals surface area (Å²) in [6.07, 6.45) is 2.14. The Bertz CT molecular complexity index is 341. The molecule has 3 heteroatoms. The van der Waals surface area contributed by atoms with E-state index in [-0.39, 0.29) is 0 Å². The third kappa shape index (κ3) is 4.77. The summed E-state index contributed by atoms with van der Waals surface area (Å²) < 4.78 is 5.31. The molecule has 0 spiro atoms. The summed E-state index contributed by atoms with van der Waals surface area (Å²) in [4.78, 5) is 2.36. The minimum Gasteiger partial charge on any atom is -0.383 e. The van der Waals surface area contributed by atoms with E-state index in [4.69, 9.17) is 10.5 Å². The molecule has 1 rings (SSSR count). The van der Waals surface area contributed by atoms with Gasteiger partial charge in [-0.3, -0.25) is 4.90 Å². The van der Waals surface area contributed by atoms with Crippen molar-refractivity contribution in [2.45, 2.75) is 32.4 Å². The van der Waals surface area contributed by atoms with Crippen LogP contribution in [0.3, 0.4) is 0 Å². The van der Waals surface area contributed by atoms with Crippen molar-refractivity contribution in [1.82, 2.24) is 4.90 Å². The topological polar surface area (TPSA) is 38.5 Å². The number of likely N-dealkylation sites (N-methyl/N-ethyl adjacent to an activating group) is 1. The van der Waals surface area contributed by atoms with Gasteiger partial charge in [0.1, 0.15) is 0 Å². The summed E-state index contributed by atoms with van der Waals surface area (Å²) in [5, 5.41) is 0. The van der Waals surface area contributed by atoms with Gasteiger partial charge >= 0.3 is 0 Å². The number of ether oxygens (including phenoxy) is 1. The highest BCUT2D eigenvalue weighted by atomic mass is 16.5. The van der Waals surface area contributed by atoms with Crippen molar-refractivity contribution in [3.05, 3.63) is 35.4 Å². The van der Waals surface area contributed by atoms with Gasteiger partial charge in [-0.05, 0) is 44.5 Å². The van der Waals surface area contributed by atoms with Gasteiger partial charge in [0, 0.05) is 19.7 Å². The van der Waals surface area contributed by atoms with Gasteiger partial charge in [-0.15, -0.1) is 0 Å². The monoisotopic (exact) mass is 250 g/mol. The van der Waals surface area contributed by atoms with E-state index in [9.17, 15) is 0 Å². The Kier molecular flexibility index (Phi) is 6.94. The van der Waals surface area contributed by atoms with Crippen LogP contribution in [0.1, 0.15) is 24.0 Å². The number of hydrogen-bond donors (Lipinski definition) is 1. The number of methoxy groups -OCH3 is 1. The molecule has 1 atom stereocenters. The Morgan fingerprint density at radius 2 is 2.06 bits per heavy atom. The van der Waals surface area contributed by atoms with Crippen LogP contribution in [-0.2, 0) is 11.3 Å². The number of nitrogens with two attached hydrogens (primary N) is 1. The van der Waals surface area contributed by atoms with E-state index in [0.29, 0.717) is 6.04 Å². The second-order valence-corrected chi connectivity index (χ2v) is 4.88. The Morgan fingerprint density at radius 3 is 2.67 bits per heavy atom. The first-order chi connectivity index (χ1) is 8.69. The molecule has 1 aromatic rings. The van der Waals surface area contributed by atoms with Crippen molar-refractivity contribution < 1.29 is 4.74 Å². The molecule has 3 nitrogen and oxygen atoms in total. The van der Waals surface area contributed by atoms with Crippen molar-refractivity contribution in [2.75, 3.05) is 27.3 Å². The van der Waals surface area contributed by atoms with Crippen molar-refractivity contribution in [2.24, 2.45) is 5.73 Å². The fraction of sp³-hybridized carbons (Fsp3) is 0.600. The van der Waals surface area contributed by atoms with Crippen LogP contribution in [0.15, 0.2) is 24.3 Å². The highest BCUT2D eigenvalue weighted by Gasteiger charge is 2.14. The Hall–Kier alpha value is -0.900. The minimum atomic E-state index is 0.443. The summed E-state index contributed by atoms with van der Waals surface area (Å²) in [5.74, 6) is 0. The summed E-state index contributed by atoms with van der Waals surface area (Å²) in [6, 6.07) is 8.98. The lowest BCUT2D eigenvalue weighted by molar-refractivity contribution is 0.0961. The van der Waals surface area contributed by atoms with E-state index in [1.807, 2.05) is 0 Å². The molecule has 0 amide bonds. The van der Waals surface area contributed by atoms with Gasteiger partial charge in [0.2, 0.25) is 0 Å². The normalized spacial score (nSPS) is 12.9. The zero-order valence-electron chi connectivity index (χ0n) is 11.9. The summed E-state index contributed by atoms with van der Waals surface area (Å²) in [7, 11) is 3.92. The molecule has 18 heavy (non-hydrogen) atoms. The summed E-state index contributed by atoms with van der Waals surface area (Å²) >= 11 is 0. The molecule has 1 aromatic carbocycles. The van der Waals surface area contributed by atoms with E-state index >= 15 is 0 Å². The number of nitrogens with zero attached hydrogens (tertiary/aromatic N) is 1. The molecule has 0 radical (unpaired) electrons. The Balaban J connectivity index is 2.60. The molecular weight excluding hydrogens is 224 g/mol. The van der Waals surface area contributed by atoms with Gasteiger partial charge in [0.25, 0.3) is 0 Å². The molecule has 1 unspecified atom stereocenters. The van der Waals surface area contributed by atoms with Crippen molar-refractivity contribution in [1.29, 1.82) is 0 Å². The largest absolute Gasteiger partial charge is 0.383 e. The molecule has 102 valence electrons. The third-order valence-corrected chi connectivity index (χ3v) is 3.40. The first kappa shape index (κ1) is 15.2. The number of benzene rings is 1. The zero-order chi connectivity index (χ0) is 13.4. The zero-order valence-corrected chi connectivity index (χ0v) is 11.9. The molecule has 0 aliphatic heterocycles. The van der Waals surface area contributed by atoms with Crippen LogP contribution >= 0.6 is 0 Å². The van der Waals surface area contributed by atoms with Crippen LogP contribution in [0.2, 0.25) is 0 Å². The maximum Gasteiger partial charge on any atom is 0.0618 e. The van der Waals surface area contributed by atoms with E-state index in [2.05, 4.69) is 43.1 Å². The molecule has 0 aliphatic carbocycles. The van der Waals surface area contributed by atoms with Crippen LogP contribution < -0.4 is 5.73 Å². The number of rotatable bonds is 8. The lowest BCUT2D eigenvalue weighted by Gasteiger charge is -2.28. The van der Waals surface area contributed by atoms with Crippen LogP contribution in [0, 0.1) is 6.92 Å². The predicted octanol–water partition coefficient (Wildman–Crippen LogP) is 2.18. The van der Waals surface area contributed by atoms with Gasteiger partial charge < -0.3 is 10.5 Å².